The third kappa shape index (κ3) is 2.41. The van der Waals surface area contributed by atoms with Crippen molar-refractivity contribution in [1.29, 1.82) is 0 Å². The Morgan fingerprint density at radius 2 is 2.12 bits per heavy atom. The first kappa shape index (κ1) is 9.44. The summed E-state index contributed by atoms with van der Waals surface area (Å²) in [5.41, 5.74) is 4.95. The molecule has 0 heterocycles. The zero-order valence-electron chi connectivity index (χ0n) is 10.5. The molecule has 0 saturated carbocycles. The Morgan fingerprint density at radius 1 is 1.50 bits per heavy atom. The lowest BCUT2D eigenvalue weighted by Crippen LogP contribution is -2.37. The van der Waals surface area contributed by atoms with E-state index in [9.17, 15) is 15.0 Å². The minimum Gasteiger partial charge on any atom is -0.504 e. The number of methoxy groups -OCH3 is 1. The highest BCUT2D eigenvalue weighted by atomic mass is 16.5. The zero-order valence-corrected chi connectivity index (χ0v) is 8.47. The van der Waals surface area contributed by atoms with Crippen LogP contribution in [0.5, 0.6) is 11.5 Å². The number of rotatable bonds is 3. The second-order valence-electron chi connectivity index (χ2n) is 2.96. The van der Waals surface area contributed by atoms with Crippen molar-refractivity contribution in [2.45, 2.75) is 12.1 Å². The number of aliphatic hydroxyl groups is 1. The van der Waals surface area contributed by atoms with Gasteiger partial charge in [-0.2, -0.15) is 0 Å². The maximum atomic E-state index is 11.3. The van der Waals surface area contributed by atoms with Gasteiger partial charge in [-0.15, -0.1) is 0 Å². The standard InChI is InChI=1S/C10H13NO5/c1-16-10(15)8(11)9(14)5-2-3-6(12)7(13)4-5/h2-4,8-9,12-14H,11H2,1H3/t8-,9-/m1/s1/i8D,9D. The molecule has 0 spiro atoms. The van der Waals surface area contributed by atoms with E-state index in [1.165, 1.54) is 0 Å². The molecular formula is C10H13NO5. The molecule has 0 unspecified atom stereocenters. The number of carbonyl (C=O) groups is 1. The topological polar surface area (TPSA) is 113 Å². The number of benzene rings is 1. The molecule has 0 aromatic heterocycles. The van der Waals surface area contributed by atoms with E-state index >= 15 is 0 Å². The number of esters is 1. The third-order valence-electron chi connectivity index (χ3n) is 1.91. The molecule has 0 aliphatic carbocycles. The maximum Gasteiger partial charge on any atom is 0.325 e. The molecular weight excluding hydrogens is 214 g/mol. The molecule has 0 amide bonds. The van der Waals surface area contributed by atoms with Gasteiger partial charge in [0.1, 0.15) is 12.1 Å². The van der Waals surface area contributed by atoms with Crippen LogP contribution >= 0.6 is 0 Å². The summed E-state index contributed by atoms with van der Waals surface area (Å²) in [6.45, 7) is 0. The van der Waals surface area contributed by atoms with E-state index in [0.717, 1.165) is 25.3 Å². The van der Waals surface area contributed by atoms with Crippen LogP contribution in [0.4, 0.5) is 0 Å². The molecule has 6 heteroatoms. The van der Waals surface area contributed by atoms with Crippen molar-refractivity contribution in [2.75, 3.05) is 7.11 Å². The molecule has 6 nitrogen and oxygen atoms in total. The van der Waals surface area contributed by atoms with Gasteiger partial charge in [0.2, 0.25) is 0 Å². The fourth-order valence-corrected chi connectivity index (χ4v) is 1.03. The van der Waals surface area contributed by atoms with Crippen molar-refractivity contribution in [3.63, 3.8) is 0 Å². The van der Waals surface area contributed by atoms with E-state index in [1.54, 1.807) is 0 Å². The summed E-state index contributed by atoms with van der Waals surface area (Å²) in [4.78, 5) is 11.3. The first-order valence-corrected chi connectivity index (χ1v) is 4.26. The van der Waals surface area contributed by atoms with E-state index in [1.807, 2.05) is 0 Å². The second kappa shape index (κ2) is 4.82. The predicted octanol–water partition coefficient (Wildman–Crippen LogP) is -0.369. The molecule has 0 aliphatic heterocycles. The van der Waals surface area contributed by atoms with E-state index in [0.29, 0.717) is 0 Å². The van der Waals surface area contributed by atoms with E-state index in [2.05, 4.69) is 4.74 Å². The lowest BCUT2D eigenvalue weighted by atomic mass is 10.0. The first-order chi connectivity index (χ1) is 8.14. The number of ether oxygens (including phenoxy) is 1. The van der Waals surface area contributed by atoms with E-state index in [4.69, 9.17) is 13.6 Å². The smallest absolute Gasteiger partial charge is 0.325 e. The van der Waals surface area contributed by atoms with Crippen molar-refractivity contribution in [2.24, 2.45) is 5.73 Å². The number of aromatic hydroxyl groups is 2. The Hall–Kier alpha value is -1.79. The maximum absolute atomic E-state index is 11.3. The van der Waals surface area contributed by atoms with Gasteiger partial charge in [-0.05, 0) is 17.7 Å². The highest BCUT2D eigenvalue weighted by Gasteiger charge is 2.25. The van der Waals surface area contributed by atoms with Gasteiger partial charge in [-0.25, -0.2) is 0 Å². The number of phenols is 2. The fraction of sp³-hybridized carbons (Fsp3) is 0.300. The van der Waals surface area contributed by atoms with Crippen LogP contribution < -0.4 is 5.73 Å². The van der Waals surface area contributed by atoms with Crippen LogP contribution in [-0.4, -0.2) is 34.4 Å². The molecule has 0 aliphatic rings. The van der Waals surface area contributed by atoms with Crippen LogP contribution in [0, 0.1) is 0 Å². The van der Waals surface area contributed by atoms with Crippen LogP contribution in [-0.2, 0) is 9.53 Å². The molecule has 0 fully saturated rings. The number of hydrogen-bond acceptors (Lipinski definition) is 6. The third-order valence-corrected chi connectivity index (χ3v) is 1.91. The van der Waals surface area contributed by atoms with Crippen molar-refractivity contribution in [3.05, 3.63) is 23.8 Å². The summed E-state index contributed by atoms with van der Waals surface area (Å²) >= 11 is 0. The molecule has 16 heavy (non-hydrogen) atoms. The Morgan fingerprint density at radius 3 is 2.62 bits per heavy atom. The zero-order chi connectivity index (χ0) is 14.1. The van der Waals surface area contributed by atoms with Crippen molar-refractivity contribution < 1.29 is 27.6 Å². The monoisotopic (exact) mass is 229 g/mol. The summed E-state index contributed by atoms with van der Waals surface area (Å²) in [6, 6.07) is 0.102. The van der Waals surface area contributed by atoms with Crippen molar-refractivity contribution >= 4 is 5.97 Å². The van der Waals surface area contributed by atoms with Gasteiger partial charge in [-0.3, -0.25) is 4.79 Å². The molecule has 1 aromatic rings. The lowest BCUT2D eigenvalue weighted by Gasteiger charge is -2.17. The minimum atomic E-state index is -2.86. The summed E-state index contributed by atoms with van der Waals surface area (Å²) < 4.78 is 19.4. The van der Waals surface area contributed by atoms with Crippen LogP contribution in [0.3, 0.4) is 0 Å². The molecule has 5 N–H and O–H groups in total. The van der Waals surface area contributed by atoms with Gasteiger partial charge in [0.05, 0.1) is 9.85 Å². The summed E-state index contributed by atoms with van der Waals surface area (Å²) in [7, 11) is 0.961. The molecule has 1 rings (SSSR count). The Balaban J connectivity index is 3.27. The number of nitrogens with two attached hydrogens (primary N) is 1. The van der Waals surface area contributed by atoms with E-state index < -0.39 is 29.6 Å². The van der Waals surface area contributed by atoms with E-state index in [-0.39, 0.29) is 5.56 Å². The predicted molar refractivity (Wildman–Crippen MR) is 54.7 cm³/mol. The average Bonchev–Trinajstić information content (AvgIpc) is 2.31. The average molecular weight is 229 g/mol. The highest BCUT2D eigenvalue weighted by molar-refractivity contribution is 5.76. The lowest BCUT2D eigenvalue weighted by molar-refractivity contribution is -0.145. The SMILES string of the molecule is [2H][C@](N)(C(=O)OC)[C@]([2H])(O)c1ccc(O)c(O)c1. The highest BCUT2D eigenvalue weighted by Crippen LogP contribution is 2.28. The van der Waals surface area contributed by atoms with Gasteiger partial charge >= 0.3 is 5.97 Å². The van der Waals surface area contributed by atoms with Gasteiger partial charge in [0, 0.05) is 0 Å². The van der Waals surface area contributed by atoms with Crippen LogP contribution in [0.1, 0.15) is 14.4 Å². The largest absolute Gasteiger partial charge is 0.504 e. The normalized spacial score (nSPS) is 19.9. The summed E-state index contributed by atoms with van der Waals surface area (Å²) in [5.74, 6) is -2.40. The van der Waals surface area contributed by atoms with Gasteiger partial charge in [-0.1, -0.05) is 6.07 Å². The molecule has 2 atom stereocenters. The summed E-state index contributed by atoms with van der Waals surface area (Å²) in [5, 5.41) is 28.3. The molecule has 88 valence electrons. The van der Waals surface area contributed by atoms with Gasteiger partial charge in [0.15, 0.2) is 11.5 Å². The van der Waals surface area contributed by atoms with Gasteiger partial charge in [0.25, 0.3) is 0 Å². The first-order valence-electron chi connectivity index (χ1n) is 5.26. The van der Waals surface area contributed by atoms with Crippen LogP contribution in [0.15, 0.2) is 18.2 Å². The molecule has 1 aromatic carbocycles. The summed E-state index contributed by atoms with van der Waals surface area (Å²) in [6.07, 6.45) is -2.86. The van der Waals surface area contributed by atoms with Crippen LogP contribution in [0.2, 0.25) is 0 Å². The second-order valence-corrected chi connectivity index (χ2v) is 2.96. The molecule has 0 saturated heterocycles. The van der Waals surface area contributed by atoms with Gasteiger partial charge < -0.3 is 25.8 Å². The van der Waals surface area contributed by atoms with Crippen molar-refractivity contribution in [1.82, 2.24) is 0 Å². The Bertz CT molecular complexity index is 475. The minimum absolute atomic E-state index is 0.333. The number of carbonyl (C=O) groups excluding carboxylic acids is 1. The quantitative estimate of drug-likeness (QED) is 0.415. The fourth-order valence-electron chi connectivity index (χ4n) is 1.03. The molecule has 0 radical (unpaired) electrons. The Labute approximate surface area is 94.7 Å². The van der Waals surface area contributed by atoms with Crippen LogP contribution in [0.25, 0.3) is 0 Å². The molecule has 0 bridgehead atoms. The Kier molecular flexibility index (Phi) is 2.84. The van der Waals surface area contributed by atoms with Crippen molar-refractivity contribution in [3.8, 4) is 11.5 Å². The number of hydrogen-bond donors (Lipinski definition) is 4. The number of phenolic OH excluding ortho intramolecular Hbond substituents is 2.